The average Bonchev–Trinajstić information content (AvgIpc) is 2.81. The fraction of sp³-hybridized carbons (Fsp3) is 0.789. The Labute approximate surface area is 123 Å². The van der Waals surface area contributed by atoms with E-state index < -0.39 is 0 Å². The molecule has 0 radical (unpaired) electrons. The zero-order chi connectivity index (χ0) is 14.0. The van der Waals surface area contributed by atoms with Crippen LogP contribution < -0.4 is 0 Å². The predicted molar refractivity (Wildman–Crippen MR) is 82.2 cm³/mol. The molecule has 20 heavy (non-hydrogen) atoms. The smallest absolute Gasteiger partial charge is 0.0905 e. The van der Waals surface area contributed by atoms with Crippen LogP contribution >= 0.6 is 0 Å². The van der Waals surface area contributed by atoms with E-state index in [0.29, 0.717) is 5.41 Å². The van der Waals surface area contributed by atoms with Crippen molar-refractivity contribution in [2.45, 2.75) is 64.9 Å². The minimum Gasteiger partial charge on any atom is -0.385 e. The lowest BCUT2D eigenvalue weighted by Gasteiger charge is -2.56. The number of fused-ring (bicyclic) bond motifs is 5. The first kappa shape index (κ1) is 13.1. The van der Waals surface area contributed by atoms with Crippen LogP contribution in [0.25, 0.3) is 0 Å². The lowest BCUT2D eigenvalue weighted by Crippen LogP contribution is -2.48. The SMILES string of the molecule is C[C@@]12CCC[C@H]1[C@@H]1CCC3=CC(O)C=C[C@]3(C)[C@H]1CC2. The molecule has 0 spiro atoms. The third-order valence-corrected chi connectivity index (χ3v) is 7.44. The van der Waals surface area contributed by atoms with Gasteiger partial charge in [0.05, 0.1) is 6.10 Å². The molecule has 1 unspecified atom stereocenters. The highest BCUT2D eigenvalue weighted by Gasteiger charge is 2.55. The van der Waals surface area contributed by atoms with E-state index in [1.165, 1.54) is 50.5 Å². The van der Waals surface area contributed by atoms with Gasteiger partial charge in [0, 0.05) is 5.41 Å². The summed E-state index contributed by atoms with van der Waals surface area (Å²) in [5.74, 6) is 2.72. The van der Waals surface area contributed by atoms with Gasteiger partial charge in [-0.15, -0.1) is 0 Å². The molecule has 3 saturated carbocycles. The van der Waals surface area contributed by atoms with E-state index in [1.807, 2.05) is 6.08 Å². The quantitative estimate of drug-likeness (QED) is 0.645. The number of aliphatic hydroxyl groups excluding tert-OH is 1. The summed E-state index contributed by atoms with van der Waals surface area (Å²) >= 11 is 0. The first-order chi connectivity index (χ1) is 9.53. The fourth-order valence-electron chi connectivity index (χ4n) is 6.31. The van der Waals surface area contributed by atoms with E-state index in [9.17, 15) is 5.11 Å². The molecule has 0 bridgehead atoms. The van der Waals surface area contributed by atoms with E-state index in [0.717, 1.165) is 17.8 Å². The lowest BCUT2D eigenvalue weighted by molar-refractivity contribution is -0.0163. The largest absolute Gasteiger partial charge is 0.385 e. The van der Waals surface area contributed by atoms with Gasteiger partial charge in [0.15, 0.2) is 0 Å². The maximum absolute atomic E-state index is 9.89. The van der Waals surface area contributed by atoms with E-state index in [1.54, 1.807) is 0 Å². The van der Waals surface area contributed by atoms with Crippen LogP contribution in [0.15, 0.2) is 23.8 Å². The summed E-state index contributed by atoms with van der Waals surface area (Å²) in [6.45, 7) is 5.00. The maximum atomic E-state index is 9.89. The van der Waals surface area contributed by atoms with Gasteiger partial charge in [-0.05, 0) is 61.7 Å². The molecule has 0 heterocycles. The van der Waals surface area contributed by atoms with Crippen LogP contribution in [-0.4, -0.2) is 11.2 Å². The Morgan fingerprint density at radius 3 is 2.80 bits per heavy atom. The van der Waals surface area contributed by atoms with Gasteiger partial charge in [-0.2, -0.15) is 0 Å². The van der Waals surface area contributed by atoms with Gasteiger partial charge in [-0.3, -0.25) is 0 Å². The summed E-state index contributed by atoms with van der Waals surface area (Å²) in [5.41, 5.74) is 2.42. The molecule has 0 saturated heterocycles. The first-order valence-corrected chi connectivity index (χ1v) is 8.61. The summed E-state index contributed by atoms with van der Waals surface area (Å²) in [7, 11) is 0. The molecule has 0 aromatic carbocycles. The van der Waals surface area contributed by atoms with Crippen molar-refractivity contribution < 1.29 is 5.11 Å². The number of allylic oxidation sites excluding steroid dienone is 2. The van der Waals surface area contributed by atoms with Gasteiger partial charge >= 0.3 is 0 Å². The van der Waals surface area contributed by atoms with Crippen molar-refractivity contribution in [2.24, 2.45) is 28.6 Å². The van der Waals surface area contributed by atoms with Crippen molar-refractivity contribution in [1.29, 1.82) is 0 Å². The Morgan fingerprint density at radius 1 is 1.10 bits per heavy atom. The number of hydrogen-bond acceptors (Lipinski definition) is 1. The van der Waals surface area contributed by atoms with Crippen LogP contribution in [0.1, 0.15) is 58.8 Å². The highest BCUT2D eigenvalue weighted by Crippen LogP contribution is 2.64. The molecule has 1 N–H and O–H groups in total. The van der Waals surface area contributed by atoms with Crippen LogP contribution in [0, 0.1) is 28.6 Å². The molecule has 0 amide bonds. The fourth-order valence-corrected chi connectivity index (χ4v) is 6.31. The molecule has 0 aromatic heterocycles. The summed E-state index contributed by atoms with van der Waals surface area (Å²) in [4.78, 5) is 0. The van der Waals surface area contributed by atoms with Crippen molar-refractivity contribution in [3.8, 4) is 0 Å². The van der Waals surface area contributed by atoms with Gasteiger partial charge < -0.3 is 5.11 Å². The molecule has 3 fully saturated rings. The summed E-state index contributed by atoms with van der Waals surface area (Å²) in [6, 6.07) is 0. The molecule has 6 atom stereocenters. The first-order valence-electron chi connectivity index (χ1n) is 8.61. The van der Waals surface area contributed by atoms with Crippen molar-refractivity contribution in [2.75, 3.05) is 0 Å². The van der Waals surface area contributed by atoms with Crippen molar-refractivity contribution >= 4 is 0 Å². The molecular weight excluding hydrogens is 244 g/mol. The molecule has 1 nitrogen and oxygen atoms in total. The molecule has 0 aromatic rings. The highest BCUT2D eigenvalue weighted by atomic mass is 16.3. The van der Waals surface area contributed by atoms with Crippen molar-refractivity contribution in [3.63, 3.8) is 0 Å². The van der Waals surface area contributed by atoms with E-state index in [-0.39, 0.29) is 11.5 Å². The van der Waals surface area contributed by atoms with Crippen LogP contribution in [0.3, 0.4) is 0 Å². The molecule has 4 aliphatic rings. The Balaban J connectivity index is 1.69. The topological polar surface area (TPSA) is 20.2 Å². The lowest BCUT2D eigenvalue weighted by atomic mass is 9.48. The summed E-state index contributed by atoms with van der Waals surface area (Å²) < 4.78 is 0. The van der Waals surface area contributed by atoms with E-state index in [2.05, 4.69) is 26.0 Å². The minimum absolute atomic E-state index is 0.242. The average molecular weight is 272 g/mol. The molecular formula is C19H28O. The zero-order valence-corrected chi connectivity index (χ0v) is 12.9. The molecule has 0 aliphatic heterocycles. The number of rotatable bonds is 0. The Bertz CT molecular complexity index is 476. The van der Waals surface area contributed by atoms with Crippen LogP contribution in [0.2, 0.25) is 0 Å². The third-order valence-electron chi connectivity index (χ3n) is 7.44. The van der Waals surface area contributed by atoms with Crippen molar-refractivity contribution in [3.05, 3.63) is 23.8 Å². The van der Waals surface area contributed by atoms with Gasteiger partial charge in [0.25, 0.3) is 0 Å². The van der Waals surface area contributed by atoms with Gasteiger partial charge in [0.2, 0.25) is 0 Å². The number of aliphatic hydroxyl groups is 1. The highest BCUT2D eigenvalue weighted by molar-refractivity contribution is 5.33. The predicted octanol–water partition coefficient (Wildman–Crippen LogP) is 4.48. The van der Waals surface area contributed by atoms with Crippen LogP contribution in [-0.2, 0) is 0 Å². The van der Waals surface area contributed by atoms with Gasteiger partial charge in [0.1, 0.15) is 0 Å². The van der Waals surface area contributed by atoms with E-state index in [4.69, 9.17) is 0 Å². The van der Waals surface area contributed by atoms with Gasteiger partial charge in [-0.1, -0.05) is 44.1 Å². The zero-order valence-electron chi connectivity index (χ0n) is 12.9. The van der Waals surface area contributed by atoms with E-state index >= 15 is 0 Å². The maximum Gasteiger partial charge on any atom is 0.0905 e. The molecule has 1 heteroatoms. The van der Waals surface area contributed by atoms with Crippen molar-refractivity contribution in [1.82, 2.24) is 0 Å². The molecule has 110 valence electrons. The monoisotopic (exact) mass is 272 g/mol. The van der Waals surface area contributed by atoms with Crippen LogP contribution in [0.4, 0.5) is 0 Å². The summed E-state index contributed by atoms with van der Waals surface area (Å²) in [6.07, 6.45) is 16.0. The summed E-state index contributed by atoms with van der Waals surface area (Å²) in [5, 5.41) is 9.89. The molecule has 4 aliphatic carbocycles. The second-order valence-electron chi connectivity index (χ2n) is 8.32. The van der Waals surface area contributed by atoms with Gasteiger partial charge in [-0.25, -0.2) is 0 Å². The molecule has 4 rings (SSSR count). The second kappa shape index (κ2) is 4.22. The van der Waals surface area contributed by atoms with Crippen LogP contribution in [0.5, 0.6) is 0 Å². The third kappa shape index (κ3) is 1.65. The Kier molecular flexibility index (Phi) is 2.77. The second-order valence-corrected chi connectivity index (χ2v) is 8.32. The standard InChI is InChI=1S/C19H28O/c1-18-9-3-4-16(18)15-6-5-13-12-14(20)7-11-19(13,2)17(15)8-10-18/h7,11-12,14-17,20H,3-6,8-10H2,1-2H3/t14?,15-,16-,17-,18-,19-/m0/s1. The normalized spacial score (nSPS) is 53.9. The minimum atomic E-state index is -0.338. The number of hydrogen-bond donors (Lipinski definition) is 1. The Morgan fingerprint density at radius 2 is 1.95 bits per heavy atom. The Hall–Kier alpha value is -0.560.